The van der Waals surface area contributed by atoms with Crippen LogP contribution in [-0.2, 0) is 9.59 Å². The Bertz CT molecular complexity index is 152. The average Bonchev–Trinajstić information content (AvgIpc) is 2.01. The molecule has 0 aliphatic rings. The number of carboxylic acids is 2. The molecular formula is C9H17KO4. The summed E-state index contributed by atoms with van der Waals surface area (Å²) in [4.78, 5) is 20.2. The zero-order chi connectivity index (χ0) is 10.1. The monoisotopic (exact) mass is 228 g/mol. The van der Waals surface area contributed by atoms with Crippen LogP contribution in [0.3, 0.4) is 0 Å². The molecule has 0 radical (unpaired) electrons. The zero-order valence-corrected chi connectivity index (χ0v) is 7.66. The van der Waals surface area contributed by atoms with E-state index in [9.17, 15) is 9.59 Å². The van der Waals surface area contributed by atoms with Gasteiger partial charge in [-0.1, -0.05) is 19.3 Å². The van der Waals surface area contributed by atoms with E-state index in [4.69, 9.17) is 10.2 Å². The van der Waals surface area contributed by atoms with Crippen LogP contribution in [0.4, 0.5) is 0 Å². The SMILES string of the molecule is O=C(O)CCCCCCCC(=O)O.[KH]. The first kappa shape index (κ1) is 17.0. The van der Waals surface area contributed by atoms with Gasteiger partial charge in [0.2, 0.25) is 0 Å². The van der Waals surface area contributed by atoms with Gasteiger partial charge in [-0.05, 0) is 12.8 Å². The molecule has 0 aliphatic carbocycles. The Morgan fingerprint density at radius 3 is 1.29 bits per heavy atom. The minimum atomic E-state index is -0.759. The van der Waals surface area contributed by atoms with E-state index in [0.29, 0.717) is 12.8 Å². The summed E-state index contributed by atoms with van der Waals surface area (Å²) in [5.41, 5.74) is 0. The van der Waals surface area contributed by atoms with E-state index in [0.717, 1.165) is 19.3 Å². The van der Waals surface area contributed by atoms with Crippen LogP contribution in [0.5, 0.6) is 0 Å². The van der Waals surface area contributed by atoms with Gasteiger partial charge in [-0.2, -0.15) is 0 Å². The Morgan fingerprint density at radius 1 is 0.714 bits per heavy atom. The minimum absolute atomic E-state index is 0. The summed E-state index contributed by atoms with van der Waals surface area (Å²) >= 11 is 0. The molecule has 5 heteroatoms. The summed E-state index contributed by atoms with van der Waals surface area (Å²) in [6.07, 6.45) is 4.53. The van der Waals surface area contributed by atoms with E-state index in [2.05, 4.69) is 0 Å². The molecule has 0 amide bonds. The third-order valence-electron chi connectivity index (χ3n) is 1.78. The van der Waals surface area contributed by atoms with Crippen LogP contribution in [0.15, 0.2) is 0 Å². The van der Waals surface area contributed by atoms with E-state index in [-0.39, 0.29) is 64.2 Å². The Morgan fingerprint density at radius 2 is 1.00 bits per heavy atom. The van der Waals surface area contributed by atoms with Gasteiger partial charge in [0.1, 0.15) is 0 Å². The number of hydrogen-bond donors (Lipinski definition) is 2. The van der Waals surface area contributed by atoms with Crippen molar-refractivity contribution in [3.05, 3.63) is 0 Å². The predicted octanol–water partition coefficient (Wildman–Crippen LogP) is 1.24. The number of unbranched alkanes of at least 4 members (excludes halogenated alkanes) is 4. The van der Waals surface area contributed by atoms with E-state index < -0.39 is 11.9 Å². The maximum absolute atomic E-state index is 10.1. The topological polar surface area (TPSA) is 74.6 Å². The predicted molar refractivity (Wildman–Crippen MR) is 54.7 cm³/mol. The van der Waals surface area contributed by atoms with Crippen LogP contribution < -0.4 is 0 Å². The Kier molecular flexibility index (Phi) is 14.1. The van der Waals surface area contributed by atoms with Crippen molar-refractivity contribution in [2.75, 3.05) is 0 Å². The van der Waals surface area contributed by atoms with Crippen LogP contribution in [0.2, 0.25) is 0 Å². The third-order valence-corrected chi connectivity index (χ3v) is 1.78. The van der Waals surface area contributed by atoms with E-state index in [1.54, 1.807) is 0 Å². The Hall–Kier alpha value is 0.576. The number of carbonyl (C=O) groups is 2. The molecule has 0 saturated carbocycles. The fraction of sp³-hybridized carbons (Fsp3) is 0.778. The molecule has 14 heavy (non-hydrogen) atoms. The van der Waals surface area contributed by atoms with E-state index in [1.807, 2.05) is 0 Å². The van der Waals surface area contributed by atoms with Gasteiger partial charge in [0, 0.05) is 12.8 Å². The van der Waals surface area contributed by atoms with Gasteiger partial charge in [0.25, 0.3) is 0 Å². The molecule has 0 aromatic heterocycles. The van der Waals surface area contributed by atoms with Crippen molar-refractivity contribution in [2.45, 2.75) is 44.9 Å². The molecule has 78 valence electrons. The number of aliphatic carboxylic acids is 2. The summed E-state index contributed by atoms with van der Waals surface area (Å²) in [7, 11) is 0. The molecule has 0 saturated heterocycles. The van der Waals surface area contributed by atoms with Crippen molar-refractivity contribution in [1.82, 2.24) is 0 Å². The molecule has 0 heterocycles. The molecule has 0 rings (SSSR count). The second-order valence-corrected chi connectivity index (χ2v) is 3.06. The zero-order valence-electron chi connectivity index (χ0n) is 7.66. The van der Waals surface area contributed by atoms with Crippen LogP contribution in [0, 0.1) is 0 Å². The molecule has 0 bridgehead atoms. The van der Waals surface area contributed by atoms with E-state index in [1.165, 1.54) is 0 Å². The molecular weight excluding hydrogens is 211 g/mol. The summed E-state index contributed by atoms with van der Waals surface area (Å²) in [5.74, 6) is -1.52. The van der Waals surface area contributed by atoms with Crippen LogP contribution in [0.25, 0.3) is 0 Å². The second-order valence-electron chi connectivity index (χ2n) is 3.06. The van der Waals surface area contributed by atoms with Gasteiger partial charge < -0.3 is 10.2 Å². The van der Waals surface area contributed by atoms with Gasteiger partial charge in [-0.15, -0.1) is 0 Å². The normalized spacial score (nSPS) is 9.14. The summed E-state index contributed by atoms with van der Waals surface area (Å²) in [5, 5.41) is 16.6. The van der Waals surface area contributed by atoms with Crippen LogP contribution in [-0.4, -0.2) is 73.5 Å². The average molecular weight is 228 g/mol. The van der Waals surface area contributed by atoms with Crippen LogP contribution >= 0.6 is 0 Å². The second kappa shape index (κ2) is 11.7. The molecule has 0 aromatic carbocycles. The molecule has 0 fully saturated rings. The summed E-state index contributed by atoms with van der Waals surface area (Å²) in [6, 6.07) is 0. The molecule has 2 N–H and O–H groups in total. The summed E-state index contributed by atoms with van der Waals surface area (Å²) in [6.45, 7) is 0. The number of hydrogen-bond acceptors (Lipinski definition) is 2. The molecule has 0 spiro atoms. The van der Waals surface area contributed by atoms with Gasteiger partial charge in [-0.3, -0.25) is 9.59 Å². The molecule has 0 atom stereocenters. The fourth-order valence-electron chi connectivity index (χ4n) is 1.08. The molecule has 0 unspecified atom stereocenters. The third kappa shape index (κ3) is 15.1. The van der Waals surface area contributed by atoms with Crippen LogP contribution in [0.1, 0.15) is 44.9 Å². The van der Waals surface area contributed by atoms with Crippen molar-refractivity contribution in [2.24, 2.45) is 0 Å². The first-order valence-electron chi connectivity index (χ1n) is 4.56. The summed E-state index contributed by atoms with van der Waals surface area (Å²) < 4.78 is 0. The van der Waals surface area contributed by atoms with Gasteiger partial charge >= 0.3 is 63.3 Å². The maximum atomic E-state index is 10.1. The van der Waals surface area contributed by atoms with Crippen molar-refractivity contribution in [1.29, 1.82) is 0 Å². The number of rotatable bonds is 8. The molecule has 0 aromatic rings. The van der Waals surface area contributed by atoms with Gasteiger partial charge in [-0.25, -0.2) is 0 Å². The standard InChI is InChI=1S/C9H16O4.K.H/c10-8(11)6-4-2-1-3-5-7-9(12)13;;/h1-7H2,(H,10,11)(H,12,13);;. The van der Waals surface area contributed by atoms with Crippen molar-refractivity contribution >= 4 is 63.3 Å². The molecule has 0 aliphatic heterocycles. The van der Waals surface area contributed by atoms with Crippen molar-refractivity contribution < 1.29 is 19.8 Å². The molecule has 4 nitrogen and oxygen atoms in total. The first-order valence-corrected chi connectivity index (χ1v) is 4.56. The number of carboxylic acid groups (broad SMARTS) is 2. The van der Waals surface area contributed by atoms with Gasteiger partial charge in [0.15, 0.2) is 0 Å². The van der Waals surface area contributed by atoms with Crippen molar-refractivity contribution in [3.8, 4) is 0 Å². The van der Waals surface area contributed by atoms with Gasteiger partial charge in [0.05, 0.1) is 0 Å². The Balaban J connectivity index is 0. The Labute approximate surface area is 126 Å². The van der Waals surface area contributed by atoms with E-state index >= 15 is 0 Å². The quantitative estimate of drug-likeness (QED) is 0.484. The van der Waals surface area contributed by atoms with Crippen molar-refractivity contribution in [3.63, 3.8) is 0 Å². The first-order chi connectivity index (χ1) is 6.13. The fourth-order valence-corrected chi connectivity index (χ4v) is 1.08.